The Morgan fingerprint density at radius 2 is 1.89 bits per heavy atom. The molecule has 0 saturated carbocycles. The van der Waals surface area contributed by atoms with Gasteiger partial charge in [-0.05, 0) is 17.7 Å². The highest BCUT2D eigenvalue weighted by molar-refractivity contribution is 5.85. The molecule has 0 bridgehead atoms. The average Bonchev–Trinajstić information content (AvgIpc) is 3.28. The molecule has 10 heteroatoms. The fraction of sp³-hybridized carbons (Fsp3) is 0.278. The van der Waals surface area contributed by atoms with Crippen LogP contribution in [-0.4, -0.2) is 56.9 Å². The van der Waals surface area contributed by atoms with E-state index in [1.165, 1.54) is 7.11 Å². The molecule has 10 nitrogen and oxygen atoms in total. The molecule has 0 aliphatic heterocycles. The first-order chi connectivity index (χ1) is 13.6. The number of rotatable bonds is 5. The molecule has 0 amide bonds. The standard InChI is InChI=1S/C18H18N6O4/c1-23-18-16(12(22-23)8-15(25)28-4)20-21-17-11(9-19-24(17)18)10-5-6-13(26-2)14(7-10)27-3/h5-7,9H,8H2,1-4H3. The van der Waals surface area contributed by atoms with E-state index in [-0.39, 0.29) is 6.42 Å². The maximum absolute atomic E-state index is 11.6. The predicted molar refractivity (Wildman–Crippen MR) is 99.3 cm³/mol. The topological polar surface area (TPSA) is 106 Å². The Hall–Kier alpha value is -3.69. The van der Waals surface area contributed by atoms with Crippen molar-refractivity contribution in [2.75, 3.05) is 21.3 Å². The minimum atomic E-state index is -0.395. The molecule has 0 aliphatic rings. The summed E-state index contributed by atoms with van der Waals surface area (Å²) < 4.78 is 18.7. The van der Waals surface area contributed by atoms with Crippen LogP contribution in [0.1, 0.15) is 5.69 Å². The number of aryl methyl sites for hydroxylation is 1. The number of ether oxygens (including phenoxy) is 3. The Bertz CT molecular complexity index is 1200. The first kappa shape index (κ1) is 17.7. The predicted octanol–water partition coefficient (Wildman–Crippen LogP) is 1.41. The summed E-state index contributed by atoms with van der Waals surface area (Å²) in [6.45, 7) is 0. The number of esters is 1. The molecule has 4 aromatic rings. The van der Waals surface area contributed by atoms with Crippen molar-refractivity contribution in [3.8, 4) is 22.6 Å². The zero-order chi connectivity index (χ0) is 19.8. The van der Waals surface area contributed by atoms with Crippen LogP contribution < -0.4 is 9.47 Å². The molecular formula is C18H18N6O4. The molecule has 0 N–H and O–H groups in total. The quantitative estimate of drug-likeness (QED) is 0.477. The van der Waals surface area contributed by atoms with Crippen LogP contribution >= 0.6 is 0 Å². The normalized spacial score (nSPS) is 11.1. The van der Waals surface area contributed by atoms with Crippen molar-refractivity contribution in [2.45, 2.75) is 6.42 Å². The number of fused-ring (bicyclic) bond motifs is 3. The third-order valence-electron chi connectivity index (χ3n) is 4.49. The van der Waals surface area contributed by atoms with Gasteiger partial charge in [0.2, 0.25) is 0 Å². The maximum Gasteiger partial charge on any atom is 0.311 e. The second-order valence-corrected chi connectivity index (χ2v) is 6.06. The van der Waals surface area contributed by atoms with E-state index in [0.29, 0.717) is 34.0 Å². The van der Waals surface area contributed by atoms with Crippen molar-refractivity contribution in [1.29, 1.82) is 0 Å². The van der Waals surface area contributed by atoms with Crippen LogP contribution in [0, 0.1) is 0 Å². The van der Waals surface area contributed by atoms with E-state index in [1.54, 1.807) is 36.7 Å². The lowest BCUT2D eigenvalue weighted by Gasteiger charge is -2.08. The molecule has 0 radical (unpaired) electrons. The van der Waals surface area contributed by atoms with Gasteiger partial charge in [-0.25, -0.2) is 4.68 Å². The third-order valence-corrected chi connectivity index (χ3v) is 4.49. The Kier molecular flexibility index (Phi) is 4.30. The third kappa shape index (κ3) is 2.70. The van der Waals surface area contributed by atoms with Crippen LogP contribution in [0.2, 0.25) is 0 Å². The monoisotopic (exact) mass is 382 g/mol. The molecule has 0 aliphatic carbocycles. The molecule has 0 fully saturated rings. The molecular weight excluding hydrogens is 364 g/mol. The van der Waals surface area contributed by atoms with Gasteiger partial charge in [0.1, 0.15) is 5.69 Å². The summed E-state index contributed by atoms with van der Waals surface area (Å²) in [5.74, 6) is 0.845. The van der Waals surface area contributed by atoms with Crippen LogP contribution in [-0.2, 0) is 23.0 Å². The summed E-state index contributed by atoms with van der Waals surface area (Å²) in [6, 6.07) is 5.58. The molecule has 1 aromatic carbocycles. The number of carbonyl (C=O) groups is 1. The van der Waals surface area contributed by atoms with E-state index in [4.69, 9.17) is 14.2 Å². The molecule has 0 spiro atoms. The lowest BCUT2D eigenvalue weighted by atomic mass is 10.1. The Balaban J connectivity index is 1.87. The Morgan fingerprint density at radius 1 is 1.11 bits per heavy atom. The SMILES string of the molecule is COC(=O)Cc1nn(C)c2c1nnc1c(-c3ccc(OC)c(OC)c3)cnn12. The van der Waals surface area contributed by atoms with Gasteiger partial charge in [0.15, 0.2) is 28.3 Å². The zero-order valence-electron chi connectivity index (χ0n) is 15.8. The molecule has 0 unspecified atom stereocenters. The highest BCUT2D eigenvalue weighted by Gasteiger charge is 2.20. The smallest absolute Gasteiger partial charge is 0.311 e. The van der Waals surface area contributed by atoms with Gasteiger partial charge in [-0.1, -0.05) is 6.07 Å². The zero-order valence-corrected chi connectivity index (χ0v) is 15.8. The number of methoxy groups -OCH3 is 3. The van der Waals surface area contributed by atoms with Crippen LogP contribution in [0.5, 0.6) is 11.5 Å². The minimum absolute atomic E-state index is 0.0117. The minimum Gasteiger partial charge on any atom is -0.493 e. The van der Waals surface area contributed by atoms with Gasteiger partial charge in [-0.15, -0.1) is 10.2 Å². The van der Waals surface area contributed by atoms with Crippen molar-refractivity contribution >= 4 is 22.8 Å². The number of benzene rings is 1. The fourth-order valence-electron chi connectivity index (χ4n) is 3.12. The average molecular weight is 382 g/mol. The largest absolute Gasteiger partial charge is 0.493 e. The number of nitrogens with zero attached hydrogens (tertiary/aromatic N) is 6. The summed E-state index contributed by atoms with van der Waals surface area (Å²) in [5.41, 5.74) is 3.83. The second-order valence-electron chi connectivity index (χ2n) is 6.06. The van der Waals surface area contributed by atoms with Crippen molar-refractivity contribution in [3.63, 3.8) is 0 Å². The Morgan fingerprint density at radius 3 is 2.61 bits per heavy atom. The van der Waals surface area contributed by atoms with E-state index >= 15 is 0 Å². The van der Waals surface area contributed by atoms with Gasteiger partial charge in [0.05, 0.1) is 33.9 Å². The first-order valence-electron chi connectivity index (χ1n) is 8.42. The van der Waals surface area contributed by atoms with Crippen molar-refractivity contribution < 1.29 is 19.0 Å². The second kappa shape index (κ2) is 6.80. The van der Waals surface area contributed by atoms with E-state index in [2.05, 4.69) is 20.4 Å². The molecule has 144 valence electrons. The van der Waals surface area contributed by atoms with Crippen molar-refractivity contribution in [2.24, 2.45) is 7.05 Å². The van der Waals surface area contributed by atoms with Crippen molar-refractivity contribution in [3.05, 3.63) is 30.1 Å². The van der Waals surface area contributed by atoms with Gasteiger partial charge in [-0.3, -0.25) is 4.79 Å². The molecule has 0 saturated heterocycles. The van der Waals surface area contributed by atoms with E-state index in [9.17, 15) is 4.79 Å². The number of hydrogen-bond acceptors (Lipinski definition) is 8. The van der Waals surface area contributed by atoms with Gasteiger partial charge in [0, 0.05) is 12.6 Å². The summed E-state index contributed by atoms with van der Waals surface area (Å²) in [4.78, 5) is 11.6. The van der Waals surface area contributed by atoms with E-state index in [0.717, 1.165) is 11.1 Å². The summed E-state index contributed by atoms with van der Waals surface area (Å²) in [7, 11) is 6.27. The molecule has 4 rings (SSSR count). The van der Waals surface area contributed by atoms with E-state index < -0.39 is 5.97 Å². The van der Waals surface area contributed by atoms with Gasteiger partial charge >= 0.3 is 5.97 Å². The van der Waals surface area contributed by atoms with E-state index in [1.807, 2.05) is 18.2 Å². The lowest BCUT2D eigenvalue weighted by molar-refractivity contribution is -0.139. The van der Waals surface area contributed by atoms with Crippen LogP contribution in [0.15, 0.2) is 24.4 Å². The molecule has 3 heterocycles. The molecule has 3 aromatic heterocycles. The van der Waals surface area contributed by atoms with Crippen LogP contribution in [0.3, 0.4) is 0 Å². The van der Waals surface area contributed by atoms with Crippen LogP contribution in [0.25, 0.3) is 27.9 Å². The highest BCUT2D eigenvalue weighted by atomic mass is 16.5. The summed E-state index contributed by atoms with van der Waals surface area (Å²) >= 11 is 0. The first-order valence-corrected chi connectivity index (χ1v) is 8.42. The van der Waals surface area contributed by atoms with Gasteiger partial charge < -0.3 is 14.2 Å². The molecule has 0 atom stereocenters. The molecule has 28 heavy (non-hydrogen) atoms. The highest BCUT2D eigenvalue weighted by Crippen LogP contribution is 2.34. The lowest BCUT2D eigenvalue weighted by Crippen LogP contribution is -2.06. The van der Waals surface area contributed by atoms with Crippen LogP contribution in [0.4, 0.5) is 0 Å². The summed E-state index contributed by atoms with van der Waals surface area (Å²) in [6.07, 6.45) is 1.72. The maximum atomic E-state index is 11.6. The van der Waals surface area contributed by atoms with Gasteiger partial charge in [0.25, 0.3) is 0 Å². The number of aromatic nitrogens is 6. The Labute approximate surface area is 159 Å². The fourth-order valence-corrected chi connectivity index (χ4v) is 3.12. The number of carbonyl (C=O) groups excluding carboxylic acids is 1. The number of hydrogen-bond donors (Lipinski definition) is 0. The summed E-state index contributed by atoms with van der Waals surface area (Å²) in [5, 5.41) is 17.5. The van der Waals surface area contributed by atoms with Crippen molar-refractivity contribution in [1.82, 2.24) is 29.6 Å². The van der Waals surface area contributed by atoms with Gasteiger partial charge in [-0.2, -0.15) is 14.7 Å².